The standard InChI is InChI=1S/C14H20N4/c1-3-18(4-2)14-7-5-12(6-8-14)16-10-13-9-15-11-17-13/h5-9,11,16H,3-4,10H2,1-2H3,(H,15,17). The molecule has 0 aliphatic rings. The topological polar surface area (TPSA) is 44.0 Å². The van der Waals surface area contributed by atoms with E-state index in [4.69, 9.17) is 0 Å². The molecule has 96 valence electrons. The number of aromatic nitrogens is 2. The molecule has 18 heavy (non-hydrogen) atoms. The van der Waals surface area contributed by atoms with E-state index >= 15 is 0 Å². The van der Waals surface area contributed by atoms with Crippen LogP contribution < -0.4 is 10.2 Å². The smallest absolute Gasteiger partial charge is 0.0922 e. The first kappa shape index (κ1) is 12.5. The van der Waals surface area contributed by atoms with Gasteiger partial charge in [0.05, 0.1) is 18.6 Å². The maximum Gasteiger partial charge on any atom is 0.0922 e. The predicted molar refractivity (Wildman–Crippen MR) is 75.9 cm³/mol. The molecular weight excluding hydrogens is 224 g/mol. The van der Waals surface area contributed by atoms with Crippen molar-refractivity contribution in [2.75, 3.05) is 23.3 Å². The molecule has 0 saturated carbocycles. The lowest BCUT2D eigenvalue weighted by atomic mass is 10.2. The van der Waals surface area contributed by atoms with E-state index in [0.717, 1.165) is 31.0 Å². The zero-order valence-electron chi connectivity index (χ0n) is 11.0. The normalized spacial score (nSPS) is 10.3. The van der Waals surface area contributed by atoms with Crippen LogP contribution in [-0.2, 0) is 6.54 Å². The first-order valence-corrected chi connectivity index (χ1v) is 6.39. The van der Waals surface area contributed by atoms with Crippen molar-refractivity contribution in [3.63, 3.8) is 0 Å². The molecule has 1 heterocycles. The highest BCUT2D eigenvalue weighted by molar-refractivity contribution is 5.55. The van der Waals surface area contributed by atoms with Gasteiger partial charge in [-0.1, -0.05) is 0 Å². The Kier molecular flexibility index (Phi) is 4.23. The van der Waals surface area contributed by atoms with E-state index in [0.29, 0.717) is 0 Å². The molecule has 0 aliphatic heterocycles. The summed E-state index contributed by atoms with van der Waals surface area (Å²) in [6, 6.07) is 8.54. The van der Waals surface area contributed by atoms with Crippen molar-refractivity contribution in [2.24, 2.45) is 0 Å². The fraction of sp³-hybridized carbons (Fsp3) is 0.357. The third-order valence-corrected chi connectivity index (χ3v) is 3.03. The van der Waals surface area contributed by atoms with Crippen LogP contribution in [0.2, 0.25) is 0 Å². The number of nitrogens with one attached hydrogen (secondary N) is 2. The second kappa shape index (κ2) is 6.10. The molecule has 2 aromatic rings. The Morgan fingerprint density at radius 3 is 2.44 bits per heavy atom. The average Bonchev–Trinajstić information content (AvgIpc) is 2.92. The van der Waals surface area contributed by atoms with Crippen LogP contribution in [0.3, 0.4) is 0 Å². The van der Waals surface area contributed by atoms with Gasteiger partial charge in [0, 0.05) is 30.7 Å². The second-order valence-electron chi connectivity index (χ2n) is 4.15. The van der Waals surface area contributed by atoms with Crippen molar-refractivity contribution in [2.45, 2.75) is 20.4 Å². The number of nitrogens with zero attached hydrogens (tertiary/aromatic N) is 2. The number of hydrogen-bond donors (Lipinski definition) is 2. The van der Waals surface area contributed by atoms with Crippen LogP contribution in [-0.4, -0.2) is 23.1 Å². The highest BCUT2D eigenvalue weighted by Crippen LogP contribution is 2.17. The second-order valence-corrected chi connectivity index (χ2v) is 4.15. The van der Waals surface area contributed by atoms with Gasteiger partial charge >= 0.3 is 0 Å². The number of anilines is 2. The van der Waals surface area contributed by atoms with Crippen LogP contribution in [0.4, 0.5) is 11.4 Å². The Hall–Kier alpha value is -1.97. The van der Waals surface area contributed by atoms with Crippen molar-refractivity contribution in [1.82, 2.24) is 9.97 Å². The van der Waals surface area contributed by atoms with Crippen LogP contribution in [0.5, 0.6) is 0 Å². The maximum atomic E-state index is 3.99. The molecule has 1 aromatic carbocycles. The summed E-state index contributed by atoms with van der Waals surface area (Å²) in [5.74, 6) is 0. The van der Waals surface area contributed by atoms with Crippen molar-refractivity contribution in [3.8, 4) is 0 Å². The van der Waals surface area contributed by atoms with Crippen molar-refractivity contribution in [1.29, 1.82) is 0 Å². The molecular formula is C14H20N4. The number of hydrogen-bond acceptors (Lipinski definition) is 3. The van der Waals surface area contributed by atoms with Gasteiger partial charge < -0.3 is 15.2 Å². The van der Waals surface area contributed by atoms with Crippen molar-refractivity contribution >= 4 is 11.4 Å². The largest absolute Gasteiger partial charge is 0.379 e. The molecule has 0 amide bonds. The van der Waals surface area contributed by atoms with Gasteiger partial charge in [-0.05, 0) is 38.1 Å². The first-order chi connectivity index (χ1) is 8.83. The molecule has 1 aromatic heterocycles. The molecule has 0 fully saturated rings. The highest BCUT2D eigenvalue weighted by atomic mass is 15.1. The van der Waals surface area contributed by atoms with Crippen molar-refractivity contribution in [3.05, 3.63) is 42.5 Å². The van der Waals surface area contributed by atoms with E-state index in [-0.39, 0.29) is 0 Å². The Morgan fingerprint density at radius 1 is 1.17 bits per heavy atom. The van der Waals surface area contributed by atoms with E-state index < -0.39 is 0 Å². The molecule has 2 rings (SSSR count). The Balaban J connectivity index is 1.95. The Morgan fingerprint density at radius 2 is 1.89 bits per heavy atom. The molecule has 0 unspecified atom stereocenters. The minimum absolute atomic E-state index is 0.768. The maximum absolute atomic E-state index is 3.99. The number of H-pyrrole nitrogens is 1. The van der Waals surface area contributed by atoms with Crippen LogP contribution in [0.1, 0.15) is 19.5 Å². The van der Waals surface area contributed by atoms with Gasteiger partial charge in [0.25, 0.3) is 0 Å². The van der Waals surface area contributed by atoms with Crippen LogP contribution in [0, 0.1) is 0 Å². The van der Waals surface area contributed by atoms with E-state index in [9.17, 15) is 0 Å². The lowest BCUT2D eigenvalue weighted by Crippen LogP contribution is -2.21. The molecule has 4 nitrogen and oxygen atoms in total. The molecule has 0 atom stereocenters. The van der Waals surface area contributed by atoms with Gasteiger partial charge in [-0.3, -0.25) is 0 Å². The summed E-state index contributed by atoms with van der Waals surface area (Å²) in [6.45, 7) is 7.20. The van der Waals surface area contributed by atoms with Gasteiger partial charge in [-0.25, -0.2) is 4.98 Å². The van der Waals surface area contributed by atoms with Crippen molar-refractivity contribution < 1.29 is 0 Å². The van der Waals surface area contributed by atoms with Crippen LogP contribution in [0.25, 0.3) is 0 Å². The van der Waals surface area contributed by atoms with E-state index in [1.165, 1.54) is 5.69 Å². The van der Waals surface area contributed by atoms with E-state index in [1.807, 2.05) is 6.20 Å². The van der Waals surface area contributed by atoms with Crippen LogP contribution >= 0.6 is 0 Å². The number of imidazole rings is 1. The Bertz CT molecular complexity index is 443. The predicted octanol–water partition coefficient (Wildman–Crippen LogP) is 2.87. The minimum atomic E-state index is 0.768. The lowest BCUT2D eigenvalue weighted by molar-refractivity contribution is 0.866. The fourth-order valence-electron chi connectivity index (χ4n) is 1.96. The number of benzene rings is 1. The van der Waals surface area contributed by atoms with E-state index in [1.54, 1.807) is 6.33 Å². The summed E-state index contributed by atoms with van der Waals surface area (Å²) < 4.78 is 0. The molecule has 0 radical (unpaired) electrons. The third-order valence-electron chi connectivity index (χ3n) is 3.03. The summed E-state index contributed by atoms with van der Waals surface area (Å²) in [6.07, 6.45) is 3.53. The monoisotopic (exact) mass is 244 g/mol. The fourth-order valence-corrected chi connectivity index (χ4v) is 1.96. The molecule has 0 aliphatic carbocycles. The minimum Gasteiger partial charge on any atom is -0.379 e. The number of rotatable bonds is 6. The third kappa shape index (κ3) is 3.03. The summed E-state index contributed by atoms with van der Waals surface area (Å²) in [5, 5.41) is 3.36. The zero-order valence-corrected chi connectivity index (χ0v) is 11.0. The SMILES string of the molecule is CCN(CC)c1ccc(NCc2cnc[nH]2)cc1. The van der Waals surface area contributed by atoms with Gasteiger partial charge in [0.1, 0.15) is 0 Å². The highest BCUT2D eigenvalue weighted by Gasteiger charge is 2.01. The van der Waals surface area contributed by atoms with Crippen LogP contribution in [0.15, 0.2) is 36.8 Å². The summed E-state index contributed by atoms with van der Waals surface area (Å²) in [5.41, 5.74) is 3.48. The molecule has 2 N–H and O–H groups in total. The quantitative estimate of drug-likeness (QED) is 0.821. The van der Waals surface area contributed by atoms with Gasteiger partial charge in [0.2, 0.25) is 0 Å². The summed E-state index contributed by atoms with van der Waals surface area (Å²) in [7, 11) is 0. The zero-order chi connectivity index (χ0) is 12.8. The molecule has 4 heteroatoms. The molecule has 0 saturated heterocycles. The summed E-state index contributed by atoms with van der Waals surface area (Å²) in [4.78, 5) is 9.40. The number of aromatic amines is 1. The van der Waals surface area contributed by atoms with Gasteiger partial charge in [-0.2, -0.15) is 0 Å². The average molecular weight is 244 g/mol. The Labute approximate surface area is 108 Å². The van der Waals surface area contributed by atoms with E-state index in [2.05, 4.69) is 58.3 Å². The molecule has 0 spiro atoms. The van der Waals surface area contributed by atoms with Gasteiger partial charge in [0.15, 0.2) is 0 Å². The first-order valence-electron chi connectivity index (χ1n) is 6.39. The van der Waals surface area contributed by atoms with Gasteiger partial charge in [-0.15, -0.1) is 0 Å². The summed E-state index contributed by atoms with van der Waals surface area (Å²) >= 11 is 0. The lowest BCUT2D eigenvalue weighted by Gasteiger charge is -2.21. The molecule has 0 bridgehead atoms.